The van der Waals surface area contributed by atoms with Gasteiger partial charge in [-0.15, -0.1) is 0 Å². The highest BCUT2D eigenvalue weighted by Gasteiger charge is 2.27. The van der Waals surface area contributed by atoms with Crippen LogP contribution in [0.25, 0.3) is 0 Å². The van der Waals surface area contributed by atoms with Gasteiger partial charge < -0.3 is 0 Å². The molecule has 1 aromatic rings. The van der Waals surface area contributed by atoms with Crippen LogP contribution in [0.15, 0.2) is 24.3 Å². The first kappa shape index (κ1) is 15.1. The average molecular weight is 286 g/mol. The molecule has 1 heterocycles. The number of piperazine rings is 1. The standard InChI is InChI=1S/C19H30N2/c1-16-6-5-9-19(14-16)21-12-10-20(11-13-21)15-18-8-4-3-7-17(18)2/h3-4,7-8,16,19H,5-6,9-15H2,1-2H3. The Morgan fingerprint density at radius 1 is 1.05 bits per heavy atom. The molecule has 2 aliphatic rings. The summed E-state index contributed by atoms with van der Waals surface area (Å²) in [7, 11) is 0. The highest BCUT2D eigenvalue weighted by Crippen LogP contribution is 2.28. The maximum atomic E-state index is 2.77. The Balaban J connectivity index is 1.50. The van der Waals surface area contributed by atoms with Crippen molar-refractivity contribution in [3.63, 3.8) is 0 Å². The summed E-state index contributed by atoms with van der Waals surface area (Å²) in [5.74, 6) is 0.939. The topological polar surface area (TPSA) is 6.48 Å². The Bertz CT molecular complexity index is 449. The lowest BCUT2D eigenvalue weighted by Crippen LogP contribution is -2.50. The quantitative estimate of drug-likeness (QED) is 0.836. The van der Waals surface area contributed by atoms with Gasteiger partial charge in [0.25, 0.3) is 0 Å². The molecule has 2 fully saturated rings. The second-order valence-electron chi connectivity index (χ2n) is 7.16. The van der Waals surface area contributed by atoms with Crippen molar-refractivity contribution >= 4 is 0 Å². The summed E-state index contributed by atoms with van der Waals surface area (Å²) in [6, 6.07) is 9.69. The van der Waals surface area contributed by atoms with E-state index in [1.807, 2.05) is 0 Å². The molecule has 116 valence electrons. The van der Waals surface area contributed by atoms with E-state index in [0.717, 1.165) is 18.5 Å². The van der Waals surface area contributed by atoms with Crippen LogP contribution in [-0.2, 0) is 6.54 Å². The molecular weight excluding hydrogens is 256 g/mol. The lowest BCUT2D eigenvalue weighted by Gasteiger charge is -2.42. The van der Waals surface area contributed by atoms with Gasteiger partial charge in [-0.1, -0.05) is 44.0 Å². The van der Waals surface area contributed by atoms with Crippen LogP contribution in [0.5, 0.6) is 0 Å². The van der Waals surface area contributed by atoms with Gasteiger partial charge >= 0.3 is 0 Å². The third kappa shape index (κ3) is 3.87. The van der Waals surface area contributed by atoms with Crippen LogP contribution in [0.4, 0.5) is 0 Å². The predicted molar refractivity (Wildman–Crippen MR) is 89.4 cm³/mol. The van der Waals surface area contributed by atoms with Gasteiger partial charge in [-0.25, -0.2) is 0 Å². The zero-order chi connectivity index (χ0) is 14.7. The molecular formula is C19H30N2. The fourth-order valence-electron chi connectivity index (χ4n) is 4.05. The second-order valence-corrected chi connectivity index (χ2v) is 7.16. The number of nitrogens with zero attached hydrogens (tertiary/aromatic N) is 2. The number of rotatable bonds is 3. The molecule has 3 rings (SSSR count). The minimum Gasteiger partial charge on any atom is -0.298 e. The third-order valence-electron chi connectivity index (χ3n) is 5.49. The number of hydrogen-bond acceptors (Lipinski definition) is 2. The summed E-state index contributed by atoms with van der Waals surface area (Å²) in [6.07, 6.45) is 5.75. The molecule has 0 aromatic heterocycles. The minimum absolute atomic E-state index is 0.870. The summed E-state index contributed by atoms with van der Waals surface area (Å²) < 4.78 is 0. The van der Waals surface area contributed by atoms with Crippen molar-refractivity contribution in [1.82, 2.24) is 9.80 Å². The molecule has 0 spiro atoms. The Kier molecular flexibility index (Phi) is 4.97. The van der Waals surface area contributed by atoms with Crippen molar-refractivity contribution in [3.8, 4) is 0 Å². The molecule has 1 aromatic carbocycles. The van der Waals surface area contributed by atoms with Gasteiger partial charge in [-0.3, -0.25) is 9.80 Å². The molecule has 2 nitrogen and oxygen atoms in total. The first-order valence-electron chi connectivity index (χ1n) is 8.73. The first-order chi connectivity index (χ1) is 10.2. The zero-order valence-electron chi connectivity index (χ0n) is 13.7. The molecule has 21 heavy (non-hydrogen) atoms. The van der Waals surface area contributed by atoms with Gasteiger partial charge in [0, 0.05) is 38.8 Å². The van der Waals surface area contributed by atoms with E-state index in [1.54, 1.807) is 0 Å². The summed E-state index contributed by atoms with van der Waals surface area (Å²) in [4.78, 5) is 5.40. The van der Waals surface area contributed by atoms with Gasteiger partial charge in [0.2, 0.25) is 0 Å². The molecule has 1 aliphatic heterocycles. The SMILES string of the molecule is Cc1ccccc1CN1CCN(C2CCCC(C)C2)CC1. The molecule has 0 bridgehead atoms. The zero-order valence-corrected chi connectivity index (χ0v) is 13.7. The molecule has 0 radical (unpaired) electrons. The van der Waals surface area contributed by atoms with Gasteiger partial charge in [-0.2, -0.15) is 0 Å². The molecule has 1 saturated heterocycles. The van der Waals surface area contributed by atoms with E-state index >= 15 is 0 Å². The van der Waals surface area contributed by atoms with Gasteiger partial charge in [0.1, 0.15) is 0 Å². The van der Waals surface area contributed by atoms with Crippen molar-refractivity contribution in [2.45, 2.75) is 52.1 Å². The van der Waals surface area contributed by atoms with Crippen LogP contribution < -0.4 is 0 Å². The monoisotopic (exact) mass is 286 g/mol. The highest BCUT2D eigenvalue weighted by molar-refractivity contribution is 5.25. The van der Waals surface area contributed by atoms with Crippen molar-refractivity contribution in [2.24, 2.45) is 5.92 Å². The molecule has 0 amide bonds. The van der Waals surface area contributed by atoms with Crippen LogP contribution in [0, 0.1) is 12.8 Å². The summed E-state index contributed by atoms with van der Waals surface area (Å²) in [5.41, 5.74) is 2.93. The fraction of sp³-hybridized carbons (Fsp3) is 0.684. The van der Waals surface area contributed by atoms with Crippen molar-refractivity contribution in [2.75, 3.05) is 26.2 Å². The van der Waals surface area contributed by atoms with E-state index in [2.05, 4.69) is 47.9 Å². The summed E-state index contributed by atoms with van der Waals surface area (Å²) in [5, 5.41) is 0. The molecule has 2 unspecified atom stereocenters. The predicted octanol–water partition coefficient (Wildman–Crippen LogP) is 3.69. The van der Waals surface area contributed by atoms with Crippen LogP contribution in [0.1, 0.15) is 43.7 Å². The fourth-order valence-corrected chi connectivity index (χ4v) is 4.05. The van der Waals surface area contributed by atoms with Gasteiger partial charge in [0.05, 0.1) is 0 Å². The second kappa shape index (κ2) is 6.93. The highest BCUT2D eigenvalue weighted by atomic mass is 15.3. The molecule has 2 heteroatoms. The maximum absolute atomic E-state index is 2.77. The maximum Gasteiger partial charge on any atom is 0.0237 e. The van der Waals surface area contributed by atoms with E-state index in [0.29, 0.717) is 0 Å². The number of aryl methyl sites for hydroxylation is 1. The lowest BCUT2D eigenvalue weighted by atomic mass is 9.86. The lowest BCUT2D eigenvalue weighted by molar-refractivity contribution is 0.0658. The Hall–Kier alpha value is -0.860. The van der Waals surface area contributed by atoms with E-state index in [-0.39, 0.29) is 0 Å². The first-order valence-corrected chi connectivity index (χ1v) is 8.73. The molecule has 1 aliphatic carbocycles. The molecule has 2 atom stereocenters. The largest absolute Gasteiger partial charge is 0.298 e. The normalized spacial score (nSPS) is 28.7. The van der Waals surface area contributed by atoms with Crippen molar-refractivity contribution in [1.29, 1.82) is 0 Å². The van der Waals surface area contributed by atoms with Crippen LogP contribution in [-0.4, -0.2) is 42.0 Å². The van der Waals surface area contributed by atoms with Crippen LogP contribution in [0.2, 0.25) is 0 Å². The number of benzene rings is 1. The summed E-state index contributed by atoms with van der Waals surface area (Å²) >= 11 is 0. The van der Waals surface area contributed by atoms with Crippen LogP contribution in [0.3, 0.4) is 0 Å². The van der Waals surface area contributed by atoms with E-state index in [1.165, 1.54) is 63.0 Å². The van der Waals surface area contributed by atoms with Crippen molar-refractivity contribution < 1.29 is 0 Å². The van der Waals surface area contributed by atoms with E-state index in [4.69, 9.17) is 0 Å². The minimum atomic E-state index is 0.870. The Morgan fingerprint density at radius 2 is 1.81 bits per heavy atom. The Labute approximate surface area is 130 Å². The van der Waals surface area contributed by atoms with E-state index < -0.39 is 0 Å². The smallest absolute Gasteiger partial charge is 0.0237 e. The molecule has 1 saturated carbocycles. The van der Waals surface area contributed by atoms with Gasteiger partial charge in [0.15, 0.2) is 0 Å². The molecule has 0 N–H and O–H groups in total. The van der Waals surface area contributed by atoms with Crippen LogP contribution >= 0.6 is 0 Å². The average Bonchev–Trinajstić information content (AvgIpc) is 2.50. The number of hydrogen-bond donors (Lipinski definition) is 0. The Morgan fingerprint density at radius 3 is 2.52 bits per heavy atom. The van der Waals surface area contributed by atoms with Gasteiger partial charge in [-0.05, 0) is 36.8 Å². The van der Waals surface area contributed by atoms with E-state index in [9.17, 15) is 0 Å². The summed E-state index contributed by atoms with van der Waals surface area (Å²) in [6.45, 7) is 10.8. The van der Waals surface area contributed by atoms with Crippen molar-refractivity contribution in [3.05, 3.63) is 35.4 Å². The third-order valence-corrected chi connectivity index (χ3v) is 5.49.